The smallest absolute Gasteiger partial charge is 0.271 e. The van der Waals surface area contributed by atoms with Gasteiger partial charge in [-0.15, -0.1) is 0 Å². The van der Waals surface area contributed by atoms with E-state index in [-0.39, 0.29) is 24.5 Å². The molecule has 24 heavy (non-hydrogen) atoms. The standard InChI is InChI=1S/C17H17ClF2N2O2/c1-3-24-9-17(16(2,19)20)11-6-7-21-15(23)14(11)22-13-5-4-10(18)8-12(13)17/h4-8,22H,3,9H2,1-2H3,(H,21,23). The van der Waals surface area contributed by atoms with E-state index in [0.717, 1.165) is 6.92 Å². The van der Waals surface area contributed by atoms with Crippen molar-refractivity contribution >= 4 is 23.0 Å². The van der Waals surface area contributed by atoms with Gasteiger partial charge in [0.05, 0.1) is 6.61 Å². The molecular weight excluding hydrogens is 338 g/mol. The quantitative estimate of drug-likeness (QED) is 0.870. The highest BCUT2D eigenvalue weighted by molar-refractivity contribution is 6.30. The summed E-state index contributed by atoms with van der Waals surface area (Å²) in [6, 6.07) is 6.18. The van der Waals surface area contributed by atoms with Crippen molar-refractivity contribution in [3.63, 3.8) is 0 Å². The SMILES string of the molecule is CCOCC1(C(C)(F)F)c2cc(Cl)ccc2Nc2c1cc[nH]c2=O. The fourth-order valence-corrected chi connectivity index (χ4v) is 3.40. The van der Waals surface area contributed by atoms with Gasteiger partial charge in [0.2, 0.25) is 0 Å². The van der Waals surface area contributed by atoms with Gasteiger partial charge in [0.1, 0.15) is 11.1 Å². The Hall–Kier alpha value is -1.92. The lowest BCUT2D eigenvalue weighted by Crippen LogP contribution is -2.51. The van der Waals surface area contributed by atoms with Crippen LogP contribution in [0, 0.1) is 0 Å². The molecule has 128 valence electrons. The Morgan fingerprint density at radius 2 is 2.04 bits per heavy atom. The Bertz CT molecular complexity index is 832. The van der Waals surface area contributed by atoms with E-state index in [9.17, 15) is 13.6 Å². The summed E-state index contributed by atoms with van der Waals surface area (Å²) in [5, 5.41) is 3.29. The minimum atomic E-state index is -3.19. The third-order valence-corrected chi connectivity index (χ3v) is 4.63. The van der Waals surface area contributed by atoms with Crippen LogP contribution in [-0.4, -0.2) is 24.1 Å². The van der Waals surface area contributed by atoms with Gasteiger partial charge >= 0.3 is 0 Å². The maximum absolute atomic E-state index is 14.9. The first kappa shape index (κ1) is 16.9. The number of hydrogen-bond donors (Lipinski definition) is 2. The number of nitrogens with one attached hydrogen (secondary N) is 2. The summed E-state index contributed by atoms with van der Waals surface area (Å²) in [6.07, 6.45) is 1.37. The second-order valence-electron chi connectivity index (χ2n) is 5.84. The number of aromatic nitrogens is 1. The second kappa shape index (κ2) is 5.86. The number of benzene rings is 1. The van der Waals surface area contributed by atoms with E-state index in [0.29, 0.717) is 16.3 Å². The Morgan fingerprint density at radius 3 is 2.71 bits per heavy atom. The molecule has 1 aliphatic heterocycles. The number of ether oxygens (including phenoxy) is 1. The summed E-state index contributed by atoms with van der Waals surface area (Å²) in [4.78, 5) is 14.7. The van der Waals surface area contributed by atoms with E-state index in [4.69, 9.17) is 16.3 Å². The van der Waals surface area contributed by atoms with Crippen molar-refractivity contribution in [1.29, 1.82) is 0 Å². The molecule has 2 heterocycles. The molecule has 1 aromatic heterocycles. The average Bonchev–Trinajstić information content (AvgIpc) is 2.51. The number of alkyl halides is 2. The van der Waals surface area contributed by atoms with Crippen LogP contribution in [-0.2, 0) is 10.2 Å². The topological polar surface area (TPSA) is 54.1 Å². The molecule has 0 aliphatic carbocycles. The largest absolute Gasteiger partial charge is 0.380 e. The predicted octanol–water partition coefficient (Wildman–Crippen LogP) is 4.06. The monoisotopic (exact) mass is 354 g/mol. The number of aromatic amines is 1. The molecule has 7 heteroatoms. The van der Waals surface area contributed by atoms with Gasteiger partial charge in [-0.2, -0.15) is 0 Å². The van der Waals surface area contributed by atoms with Crippen molar-refractivity contribution in [2.24, 2.45) is 0 Å². The number of fused-ring (bicyclic) bond motifs is 2. The number of H-pyrrole nitrogens is 1. The first-order valence-corrected chi connectivity index (χ1v) is 7.94. The predicted molar refractivity (Wildman–Crippen MR) is 89.7 cm³/mol. The van der Waals surface area contributed by atoms with Gasteiger partial charge < -0.3 is 15.0 Å². The van der Waals surface area contributed by atoms with E-state index >= 15 is 0 Å². The third kappa shape index (κ3) is 2.41. The first-order valence-electron chi connectivity index (χ1n) is 7.56. The molecule has 0 fully saturated rings. The van der Waals surface area contributed by atoms with Crippen molar-refractivity contribution in [3.05, 3.63) is 57.0 Å². The highest BCUT2D eigenvalue weighted by Crippen LogP contribution is 2.53. The lowest BCUT2D eigenvalue weighted by atomic mass is 9.68. The Balaban J connectivity index is 2.40. The van der Waals surface area contributed by atoms with Crippen LogP contribution in [0.4, 0.5) is 20.2 Å². The maximum atomic E-state index is 14.9. The van der Waals surface area contributed by atoms with Crippen LogP contribution in [0.25, 0.3) is 0 Å². The van der Waals surface area contributed by atoms with Crippen molar-refractivity contribution in [3.8, 4) is 0 Å². The van der Waals surface area contributed by atoms with E-state index in [1.165, 1.54) is 18.3 Å². The lowest BCUT2D eigenvalue weighted by molar-refractivity contribution is -0.0765. The zero-order chi connectivity index (χ0) is 17.5. The molecule has 0 amide bonds. The van der Waals surface area contributed by atoms with Crippen LogP contribution in [0.15, 0.2) is 35.3 Å². The Kier molecular flexibility index (Phi) is 4.13. The highest BCUT2D eigenvalue weighted by atomic mass is 35.5. The lowest BCUT2D eigenvalue weighted by Gasteiger charge is -2.44. The number of anilines is 2. The van der Waals surface area contributed by atoms with Crippen LogP contribution in [0.1, 0.15) is 25.0 Å². The molecule has 1 aromatic carbocycles. The molecule has 0 spiro atoms. The van der Waals surface area contributed by atoms with Crippen LogP contribution >= 0.6 is 11.6 Å². The van der Waals surface area contributed by atoms with Crippen molar-refractivity contribution in [2.45, 2.75) is 25.2 Å². The van der Waals surface area contributed by atoms with E-state index in [1.807, 2.05) is 0 Å². The molecule has 3 rings (SSSR count). The number of rotatable bonds is 4. The number of hydrogen-bond acceptors (Lipinski definition) is 3. The van der Waals surface area contributed by atoms with Crippen LogP contribution in [0.3, 0.4) is 0 Å². The van der Waals surface area contributed by atoms with E-state index in [2.05, 4.69) is 10.3 Å². The number of halogens is 3. The normalized spacial score (nSPS) is 19.4. The van der Waals surface area contributed by atoms with Crippen molar-refractivity contribution in [1.82, 2.24) is 4.98 Å². The van der Waals surface area contributed by atoms with Gasteiger partial charge in [0.25, 0.3) is 11.5 Å². The maximum Gasteiger partial charge on any atom is 0.271 e. The van der Waals surface area contributed by atoms with Crippen LogP contribution in [0.2, 0.25) is 5.02 Å². The minimum absolute atomic E-state index is 0.105. The van der Waals surface area contributed by atoms with E-state index in [1.54, 1.807) is 19.1 Å². The van der Waals surface area contributed by atoms with Gasteiger partial charge in [-0.25, -0.2) is 8.78 Å². The molecule has 0 radical (unpaired) electrons. The van der Waals surface area contributed by atoms with E-state index < -0.39 is 16.9 Å². The molecule has 2 N–H and O–H groups in total. The van der Waals surface area contributed by atoms with Gasteiger partial charge in [-0.3, -0.25) is 4.79 Å². The molecular formula is C17H17ClF2N2O2. The summed E-state index contributed by atoms with van der Waals surface area (Å²) >= 11 is 6.07. The molecule has 2 aromatic rings. The van der Waals surface area contributed by atoms with Crippen LogP contribution < -0.4 is 10.9 Å². The number of pyridine rings is 1. The Morgan fingerprint density at radius 1 is 1.29 bits per heavy atom. The van der Waals surface area contributed by atoms with Gasteiger partial charge in [0, 0.05) is 36.0 Å². The van der Waals surface area contributed by atoms with Gasteiger partial charge in [-0.05, 0) is 36.8 Å². The van der Waals surface area contributed by atoms with Crippen molar-refractivity contribution in [2.75, 3.05) is 18.5 Å². The fraction of sp³-hybridized carbons (Fsp3) is 0.353. The first-order chi connectivity index (χ1) is 11.3. The Labute approximate surface area is 142 Å². The van der Waals surface area contributed by atoms with Gasteiger partial charge in [-0.1, -0.05) is 11.6 Å². The summed E-state index contributed by atoms with van der Waals surface area (Å²) in [5.74, 6) is -3.19. The second-order valence-corrected chi connectivity index (χ2v) is 6.28. The molecule has 1 aliphatic rings. The third-order valence-electron chi connectivity index (χ3n) is 4.39. The molecule has 4 nitrogen and oxygen atoms in total. The zero-order valence-electron chi connectivity index (χ0n) is 13.3. The fourth-order valence-electron chi connectivity index (χ4n) is 3.23. The molecule has 0 saturated carbocycles. The molecule has 1 unspecified atom stereocenters. The summed E-state index contributed by atoms with van der Waals surface area (Å²) in [6.45, 7) is 2.59. The molecule has 0 saturated heterocycles. The molecule has 0 bridgehead atoms. The summed E-state index contributed by atoms with van der Waals surface area (Å²) in [7, 11) is 0. The molecule has 1 atom stereocenters. The average molecular weight is 355 g/mol. The zero-order valence-corrected chi connectivity index (χ0v) is 14.0. The van der Waals surface area contributed by atoms with Crippen LogP contribution in [0.5, 0.6) is 0 Å². The summed E-state index contributed by atoms with van der Waals surface area (Å²) < 4.78 is 35.3. The van der Waals surface area contributed by atoms with Gasteiger partial charge in [0.15, 0.2) is 0 Å². The summed E-state index contributed by atoms with van der Waals surface area (Å²) in [5.41, 5.74) is -1.23. The minimum Gasteiger partial charge on any atom is -0.380 e. The highest BCUT2D eigenvalue weighted by Gasteiger charge is 2.57. The van der Waals surface area contributed by atoms with Crippen molar-refractivity contribution < 1.29 is 13.5 Å².